The van der Waals surface area contributed by atoms with Gasteiger partial charge in [0.15, 0.2) is 0 Å². The average Bonchev–Trinajstić information content (AvgIpc) is 1.86. The summed E-state index contributed by atoms with van der Waals surface area (Å²) in [6, 6.07) is 0. The van der Waals surface area contributed by atoms with Crippen molar-refractivity contribution < 1.29 is 0 Å². The van der Waals surface area contributed by atoms with E-state index in [9.17, 15) is 0 Å². The summed E-state index contributed by atoms with van der Waals surface area (Å²) in [5.74, 6) is 0.822. The lowest BCUT2D eigenvalue weighted by Crippen LogP contribution is -2.26. The largest absolute Gasteiger partial charge is 0.0826 e. The number of hydrogen-bond acceptors (Lipinski definition) is 0. The number of alkyl halides is 1. The number of hydrogen-bond donors (Lipinski definition) is 0. The second-order valence-corrected chi connectivity index (χ2v) is 6.17. The quantitative estimate of drug-likeness (QED) is 0.527. The third kappa shape index (κ3) is 3.77. The Morgan fingerprint density at radius 3 is 2.00 bits per heavy atom. The van der Waals surface area contributed by atoms with E-state index in [1.165, 1.54) is 12.8 Å². The Kier molecular flexibility index (Phi) is 4.99. The van der Waals surface area contributed by atoms with Gasteiger partial charge in [-0.3, -0.25) is 0 Å². The lowest BCUT2D eigenvalue weighted by Gasteiger charge is -2.33. The van der Waals surface area contributed by atoms with Gasteiger partial charge >= 0.3 is 0 Å². The predicted octanol–water partition coefficient (Wildman–Crippen LogP) is 4.27. The zero-order chi connectivity index (χ0) is 9.07. The SMILES string of the molecule is CCCC(C)(C)C(C)C(C)I. The second kappa shape index (κ2) is 4.68. The molecule has 0 fully saturated rings. The Morgan fingerprint density at radius 2 is 1.73 bits per heavy atom. The zero-order valence-corrected chi connectivity index (χ0v) is 10.6. The van der Waals surface area contributed by atoms with Crippen LogP contribution in [0.2, 0.25) is 0 Å². The molecule has 68 valence electrons. The fourth-order valence-electron chi connectivity index (χ4n) is 1.49. The molecule has 0 saturated heterocycles. The van der Waals surface area contributed by atoms with Crippen LogP contribution in [0.3, 0.4) is 0 Å². The lowest BCUT2D eigenvalue weighted by atomic mass is 9.75. The molecule has 0 aromatic rings. The van der Waals surface area contributed by atoms with Crippen molar-refractivity contribution in [1.29, 1.82) is 0 Å². The fourth-order valence-corrected chi connectivity index (χ4v) is 2.47. The third-order valence-corrected chi connectivity index (χ3v) is 3.89. The smallest absolute Gasteiger partial charge is 0.0112 e. The molecule has 0 nitrogen and oxygen atoms in total. The van der Waals surface area contributed by atoms with Crippen molar-refractivity contribution in [2.24, 2.45) is 11.3 Å². The maximum atomic E-state index is 2.53. The van der Waals surface area contributed by atoms with Crippen molar-refractivity contribution in [3.63, 3.8) is 0 Å². The monoisotopic (exact) mass is 268 g/mol. The summed E-state index contributed by atoms with van der Waals surface area (Å²) in [7, 11) is 0. The van der Waals surface area contributed by atoms with Gasteiger partial charge in [-0.15, -0.1) is 0 Å². The standard InChI is InChI=1S/C10H21I/c1-6-7-10(4,5)8(2)9(3)11/h8-9H,6-7H2,1-5H3. The lowest BCUT2D eigenvalue weighted by molar-refractivity contribution is 0.213. The maximum Gasteiger partial charge on any atom is 0.0112 e. The predicted molar refractivity (Wildman–Crippen MR) is 61.3 cm³/mol. The van der Waals surface area contributed by atoms with E-state index in [1.54, 1.807) is 0 Å². The molecular formula is C10H21I. The van der Waals surface area contributed by atoms with Crippen molar-refractivity contribution >= 4 is 22.6 Å². The van der Waals surface area contributed by atoms with E-state index in [1.807, 2.05) is 0 Å². The first-order valence-corrected chi connectivity index (χ1v) is 5.80. The molecule has 0 N–H and O–H groups in total. The van der Waals surface area contributed by atoms with E-state index in [-0.39, 0.29) is 0 Å². The van der Waals surface area contributed by atoms with Crippen molar-refractivity contribution in [2.75, 3.05) is 0 Å². The minimum absolute atomic E-state index is 0.523. The van der Waals surface area contributed by atoms with Gasteiger partial charge in [0.2, 0.25) is 0 Å². The molecule has 0 radical (unpaired) electrons. The van der Waals surface area contributed by atoms with Crippen LogP contribution in [0, 0.1) is 11.3 Å². The van der Waals surface area contributed by atoms with Crippen molar-refractivity contribution in [1.82, 2.24) is 0 Å². The molecule has 1 heteroatoms. The van der Waals surface area contributed by atoms with Crippen LogP contribution < -0.4 is 0 Å². The Labute approximate surface area is 85.3 Å². The highest BCUT2D eigenvalue weighted by atomic mass is 127. The molecule has 0 amide bonds. The summed E-state index contributed by atoms with van der Waals surface area (Å²) in [4.78, 5) is 0. The molecule has 0 aliphatic rings. The van der Waals surface area contributed by atoms with E-state index in [4.69, 9.17) is 0 Å². The van der Waals surface area contributed by atoms with Crippen LogP contribution in [-0.4, -0.2) is 3.92 Å². The molecule has 0 aliphatic carbocycles. The number of rotatable bonds is 4. The van der Waals surface area contributed by atoms with Gasteiger partial charge in [-0.2, -0.15) is 0 Å². The first-order valence-electron chi connectivity index (χ1n) is 4.56. The summed E-state index contributed by atoms with van der Waals surface area (Å²) >= 11 is 2.53. The Morgan fingerprint density at radius 1 is 1.27 bits per heavy atom. The molecule has 0 bridgehead atoms. The summed E-state index contributed by atoms with van der Waals surface area (Å²) in [6.45, 7) is 11.7. The van der Waals surface area contributed by atoms with Crippen molar-refractivity contribution in [2.45, 2.75) is 51.4 Å². The van der Waals surface area contributed by atoms with Crippen LogP contribution in [-0.2, 0) is 0 Å². The maximum absolute atomic E-state index is 2.53. The van der Waals surface area contributed by atoms with Crippen LogP contribution in [0.25, 0.3) is 0 Å². The first-order chi connectivity index (χ1) is 4.91. The summed E-state index contributed by atoms with van der Waals surface area (Å²) in [5, 5.41) is 0. The third-order valence-electron chi connectivity index (χ3n) is 2.82. The highest BCUT2D eigenvalue weighted by Crippen LogP contribution is 2.36. The van der Waals surface area contributed by atoms with E-state index in [0.717, 1.165) is 9.84 Å². The van der Waals surface area contributed by atoms with Gasteiger partial charge < -0.3 is 0 Å². The summed E-state index contributed by atoms with van der Waals surface area (Å²) < 4.78 is 0.786. The molecule has 0 heterocycles. The van der Waals surface area contributed by atoms with Crippen LogP contribution in [0.1, 0.15) is 47.5 Å². The normalized spacial score (nSPS) is 18.0. The molecule has 0 aromatic heterocycles. The number of halogens is 1. The summed E-state index contributed by atoms with van der Waals surface area (Å²) in [5.41, 5.74) is 0.523. The van der Waals surface area contributed by atoms with E-state index in [2.05, 4.69) is 57.2 Å². The molecular weight excluding hydrogens is 247 g/mol. The molecule has 11 heavy (non-hydrogen) atoms. The van der Waals surface area contributed by atoms with E-state index in [0.29, 0.717) is 5.41 Å². The van der Waals surface area contributed by atoms with Gasteiger partial charge in [0.25, 0.3) is 0 Å². The van der Waals surface area contributed by atoms with Gasteiger partial charge in [-0.25, -0.2) is 0 Å². The Hall–Kier alpha value is 0.730. The molecule has 2 atom stereocenters. The minimum Gasteiger partial charge on any atom is -0.0826 e. The Balaban J connectivity index is 4.05. The van der Waals surface area contributed by atoms with Crippen LogP contribution in [0.5, 0.6) is 0 Å². The molecule has 0 spiro atoms. The van der Waals surface area contributed by atoms with E-state index < -0.39 is 0 Å². The molecule has 0 saturated carbocycles. The second-order valence-electron chi connectivity index (χ2n) is 4.20. The highest BCUT2D eigenvalue weighted by Gasteiger charge is 2.27. The zero-order valence-electron chi connectivity index (χ0n) is 8.45. The van der Waals surface area contributed by atoms with Gasteiger partial charge in [-0.1, -0.05) is 63.6 Å². The fraction of sp³-hybridized carbons (Fsp3) is 1.00. The topological polar surface area (TPSA) is 0 Å². The molecule has 0 aromatic carbocycles. The van der Waals surface area contributed by atoms with Crippen molar-refractivity contribution in [3.8, 4) is 0 Å². The van der Waals surface area contributed by atoms with Crippen LogP contribution in [0.4, 0.5) is 0 Å². The van der Waals surface area contributed by atoms with Crippen LogP contribution >= 0.6 is 22.6 Å². The van der Waals surface area contributed by atoms with E-state index >= 15 is 0 Å². The first kappa shape index (κ1) is 11.7. The van der Waals surface area contributed by atoms with Gasteiger partial charge in [0, 0.05) is 3.92 Å². The van der Waals surface area contributed by atoms with Crippen LogP contribution in [0.15, 0.2) is 0 Å². The van der Waals surface area contributed by atoms with Gasteiger partial charge in [0.1, 0.15) is 0 Å². The Bertz CT molecular complexity index is 105. The molecule has 0 rings (SSSR count). The minimum atomic E-state index is 0.523. The summed E-state index contributed by atoms with van der Waals surface area (Å²) in [6.07, 6.45) is 2.65. The van der Waals surface area contributed by atoms with Gasteiger partial charge in [-0.05, 0) is 17.8 Å². The average molecular weight is 268 g/mol. The van der Waals surface area contributed by atoms with Gasteiger partial charge in [0.05, 0.1) is 0 Å². The molecule has 2 unspecified atom stereocenters. The highest BCUT2D eigenvalue weighted by molar-refractivity contribution is 14.1. The molecule has 0 aliphatic heterocycles. The van der Waals surface area contributed by atoms with Crippen molar-refractivity contribution in [3.05, 3.63) is 0 Å².